The molecular weight excluding hydrogens is 288 g/mol. The monoisotopic (exact) mass is 296 g/mol. The standard InChI is InChI=1S/C16H8S3/c1-3-17-14-7-11-6-12-15(8-10(11)5-9(1)14)19-13-2-4-18-16(12)13/h1-8H. The number of hydrogen-bond acceptors (Lipinski definition) is 3. The van der Waals surface area contributed by atoms with Crippen molar-refractivity contribution in [3.63, 3.8) is 0 Å². The molecule has 2 aromatic carbocycles. The predicted molar refractivity (Wildman–Crippen MR) is 90.1 cm³/mol. The Morgan fingerprint density at radius 1 is 0.632 bits per heavy atom. The SMILES string of the molecule is c1cc2cc3cc4sc5ccsc5c4cc3cc2s1. The lowest BCUT2D eigenvalue weighted by molar-refractivity contribution is 1.96. The van der Waals surface area contributed by atoms with Gasteiger partial charge in [0, 0.05) is 19.5 Å². The third-order valence-corrected chi connectivity index (χ3v) is 6.68. The highest BCUT2D eigenvalue weighted by Gasteiger charge is 2.08. The lowest BCUT2D eigenvalue weighted by Gasteiger charge is -1.99. The van der Waals surface area contributed by atoms with Crippen LogP contribution >= 0.6 is 34.0 Å². The summed E-state index contributed by atoms with van der Waals surface area (Å²) in [5, 5.41) is 9.84. The van der Waals surface area contributed by atoms with Crippen molar-refractivity contribution in [3.05, 3.63) is 47.2 Å². The first-order valence-corrected chi connectivity index (χ1v) is 8.67. The molecule has 0 aliphatic carbocycles. The minimum Gasteiger partial charge on any atom is -0.144 e. The zero-order valence-electron chi connectivity index (χ0n) is 9.84. The molecule has 0 atom stereocenters. The molecule has 0 spiro atoms. The van der Waals surface area contributed by atoms with Crippen LogP contribution in [0.2, 0.25) is 0 Å². The molecule has 5 rings (SSSR count). The van der Waals surface area contributed by atoms with Crippen molar-refractivity contribution in [2.75, 3.05) is 0 Å². The van der Waals surface area contributed by atoms with Crippen LogP contribution in [-0.4, -0.2) is 0 Å². The molecule has 0 aliphatic heterocycles. The summed E-state index contributed by atoms with van der Waals surface area (Å²) < 4.78 is 5.64. The van der Waals surface area contributed by atoms with Gasteiger partial charge in [0.15, 0.2) is 0 Å². The van der Waals surface area contributed by atoms with Crippen molar-refractivity contribution in [1.82, 2.24) is 0 Å². The first kappa shape index (κ1) is 10.4. The number of rotatable bonds is 0. The Morgan fingerprint density at radius 2 is 1.47 bits per heavy atom. The zero-order chi connectivity index (χ0) is 12.4. The lowest BCUT2D eigenvalue weighted by atomic mass is 10.1. The third-order valence-electron chi connectivity index (χ3n) is 3.60. The molecule has 3 heteroatoms. The van der Waals surface area contributed by atoms with Gasteiger partial charge in [-0.25, -0.2) is 0 Å². The van der Waals surface area contributed by atoms with Gasteiger partial charge in [-0.3, -0.25) is 0 Å². The Morgan fingerprint density at radius 3 is 2.47 bits per heavy atom. The highest BCUT2D eigenvalue weighted by atomic mass is 32.1. The summed E-state index contributed by atoms with van der Waals surface area (Å²) in [4.78, 5) is 0. The molecule has 0 aliphatic rings. The van der Waals surface area contributed by atoms with Crippen molar-refractivity contribution in [2.24, 2.45) is 0 Å². The second kappa shape index (κ2) is 3.57. The number of hydrogen-bond donors (Lipinski definition) is 0. The van der Waals surface area contributed by atoms with E-state index in [1.807, 2.05) is 34.0 Å². The van der Waals surface area contributed by atoms with Crippen LogP contribution in [0.3, 0.4) is 0 Å². The third kappa shape index (κ3) is 1.38. The van der Waals surface area contributed by atoms with Gasteiger partial charge < -0.3 is 0 Å². The van der Waals surface area contributed by atoms with Crippen LogP contribution in [0.15, 0.2) is 47.2 Å². The van der Waals surface area contributed by atoms with Crippen molar-refractivity contribution in [1.29, 1.82) is 0 Å². The van der Waals surface area contributed by atoms with Crippen LogP contribution in [0.5, 0.6) is 0 Å². The molecule has 0 saturated carbocycles. The maximum atomic E-state index is 2.36. The van der Waals surface area contributed by atoms with Crippen molar-refractivity contribution in [2.45, 2.75) is 0 Å². The van der Waals surface area contributed by atoms with Crippen LogP contribution < -0.4 is 0 Å². The van der Waals surface area contributed by atoms with Crippen LogP contribution in [0.25, 0.3) is 40.3 Å². The lowest BCUT2D eigenvalue weighted by Crippen LogP contribution is -1.72. The van der Waals surface area contributed by atoms with Gasteiger partial charge in [-0.05, 0) is 63.3 Å². The smallest absolute Gasteiger partial charge is 0.0529 e. The van der Waals surface area contributed by atoms with Gasteiger partial charge in [-0.2, -0.15) is 0 Å². The van der Waals surface area contributed by atoms with E-state index in [2.05, 4.69) is 47.2 Å². The second-order valence-corrected chi connectivity index (χ2v) is 7.67. The van der Waals surface area contributed by atoms with Crippen LogP contribution in [-0.2, 0) is 0 Å². The quantitative estimate of drug-likeness (QED) is 0.306. The summed E-state index contributed by atoms with van der Waals surface area (Å²) in [7, 11) is 0. The first-order chi connectivity index (χ1) is 9.38. The fourth-order valence-electron chi connectivity index (χ4n) is 2.69. The summed E-state index contributed by atoms with van der Waals surface area (Å²) in [6.07, 6.45) is 0. The molecule has 0 radical (unpaired) electrons. The zero-order valence-corrected chi connectivity index (χ0v) is 12.3. The van der Waals surface area contributed by atoms with Gasteiger partial charge in [0.2, 0.25) is 0 Å². The summed E-state index contributed by atoms with van der Waals surface area (Å²) in [5.74, 6) is 0. The molecule has 0 unspecified atom stereocenters. The number of thiophene rings is 3. The van der Waals surface area contributed by atoms with E-state index >= 15 is 0 Å². The molecular formula is C16H8S3. The molecule has 90 valence electrons. The largest absolute Gasteiger partial charge is 0.144 e. The average molecular weight is 296 g/mol. The molecule has 0 fully saturated rings. The van der Waals surface area contributed by atoms with E-state index in [0.29, 0.717) is 0 Å². The Kier molecular flexibility index (Phi) is 1.95. The van der Waals surface area contributed by atoms with E-state index in [4.69, 9.17) is 0 Å². The number of fused-ring (bicyclic) bond motifs is 5. The molecule has 0 N–H and O–H groups in total. The molecule has 0 saturated heterocycles. The maximum Gasteiger partial charge on any atom is 0.0529 e. The van der Waals surface area contributed by atoms with Gasteiger partial charge in [-0.1, -0.05) is 0 Å². The Hall–Kier alpha value is -1.42. The van der Waals surface area contributed by atoms with E-state index in [1.54, 1.807) is 0 Å². The van der Waals surface area contributed by atoms with E-state index < -0.39 is 0 Å². The summed E-state index contributed by atoms with van der Waals surface area (Å²) in [6, 6.07) is 13.8. The molecule has 19 heavy (non-hydrogen) atoms. The van der Waals surface area contributed by atoms with Gasteiger partial charge in [0.1, 0.15) is 0 Å². The van der Waals surface area contributed by atoms with E-state index in [0.717, 1.165) is 0 Å². The Balaban J connectivity index is 2.04. The summed E-state index contributed by atoms with van der Waals surface area (Å²) in [5.41, 5.74) is 0. The Labute approximate surface area is 121 Å². The second-order valence-electron chi connectivity index (χ2n) is 4.72. The fourth-order valence-corrected chi connectivity index (χ4v) is 5.79. The molecule has 0 amide bonds. The topological polar surface area (TPSA) is 0 Å². The normalized spacial score (nSPS) is 12.2. The van der Waals surface area contributed by atoms with Crippen LogP contribution in [0, 0.1) is 0 Å². The van der Waals surface area contributed by atoms with Crippen LogP contribution in [0.4, 0.5) is 0 Å². The minimum atomic E-state index is 1.35. The van der Waals surface area contributed by atoms with Crippen molar-refractivity contribution >= 4 is 74.4 Å². The molecule has 3 aromatic heterocycles. The molecule has 3 heterocycles. The molecule has 0 nitrogen and oxygen atoms in total. The fraction of sp³-hybridized carbons (Fsp3) is 0. The molecule has 5 aromatic rings. The van der Waals surface area contributed by atoms with Crippen molar-refractivity contribution in [3.8, 4) is 0 Å². The maximum absolute atomic E-state index is 2.36. The first-order valence-electron chi connectivity index (χ1n) is 6.09. The van der Waals surface area contributed by atoms with Gasteiger partial charge in [0.25, 0.3) is 0 Å². The van der Waals surface area contributed by atoms with Crippen molar-refractivity contribution < 1.29 is 0 Å². The molecule has 0 bridgehead atoms. The summed E-state index contributed by atoms with van der Waals surface area (Å²) in [6.45, 7) is 0. The predicted octanol–water partition coefficient (Wildman–Crippen LogP) is 6.48. The van der Waals surface area contributed by atoms with Gasteiger partial charge in [-0.15, -0.1) is 34.0 Å². The highest BCUT2D eigenvalue weighted by molar-refractivity contribution is 7.32. The number of benzene rings is 2. The van der Waals surface area contributed by atoms with Gasteiger partial charge in [0.05, 0.1) is 4.70 Å². The van der Waals surface area contributed by atoms with E-state index in [1.165, 1.54) is 40.3 Å². The highest BCUT2D eigenvalue weighted by Crippen LogP contribution is 2.40. The van der Waals surface area contributed by atoms with E-state index in [9.17, 15) is 0 Å². The van der Waals surface area contributed by atoms with Gasteiger partial charge >= 0.3 is 0 Å². The van der Waals surface area contributed by atoms with Crippen LogP contribution in [0.1, 0.15) is 0 Å². The minimum absolute atomic E-state index is 1.35. The van der Waals surface area contributed by atoms with E-state index in [-0.39, 0.29) is 0 Å². The average Bonchev–Trinajstić information content (AvgIpc) is 3.08. The Bertz CT molecular complexity index is 1050. The summed E-state index contributed by atoms with van der Waals surface area (Å²) >= 11 is 5.57.